The van der Waals surface area contributed by atoms with Crippen LogP contribution in [-0.4, -0.2) is 10.9 Å². The molecule has 0 radical (unpaired) electrons. The first-order valence-electron chi connectivity index (χ1n) is 5.62. The van der Waals surface area contributed by atoms with E-state index in [0.717, 1.165) is 36.4 Å². The van der Waals surface area contributed by atoms with Crippen LogP contribution in [0.15, 0.2) is 34.4 Å². The van der Waals surface area contributed by atoms with E-state index in [2.05, 4.69) is 17.1 Å². The van der Waals surface area contributed by atoms with Gasteiger partial charge in [0, 0.05) is 11.3 Å². The molecule has 2 aromatic rings. The Labute approximate surface area is 109 Å². The van der Waals surface area contributed by atoms with E-state index in [0.29, 0.717) is 0 Å². The van der Waals surface area contributed by atoms with Crippen LogP contribution < -0.4 is 4.87 Å². The van der Waals surface area contributed by atoms with Crippen molar-refractivity contribution >= 4 is 22.9 Å². The predicted octanol–water partition coefficient (Wildman–Crippen LogP) is 3.66. The van der Waals surface area contributed by atoms with Crippen molar-refractivity contribution in [3.63, 3.8) is 0 Å². The molecule has 2 nitrogen and oxygen atoms in total. The fourth-order valence-electron chi connectivity index (χ4n) is 1.70. The quantitative estimate of drug-likeness (QED) is 0.651. The molecule has 0 amide bonds. The summed E-state index contributed by atoms with van der Waals surface area (Å²) in [5.41, 5.74) is 3.27. The van der Waals surface area contributed by atoms with Gasteiger partial charge < -0.3 is 4.98 Å². The highest BCUT2D eigenvalue weighted by Gasteiger charge is 2.00. The van der Waals surface area contributed by atoms with E-state index in [1.807, 2.05) is 17.5 Å². The monoisotopic (exact) mass is 267 g/mol. The molecular weight excluding hydrogens is 254 g/mol. The highest BCUT2D eigenvalue weighted by atomic mass is 35.5. The zero-order chi connectivity index (χ0) is 12.1. The van der Waals surface area contributed by atoms with Gasteiger partial charge in [-0.05, 0) is 30.4 Å². The second kappa shape index (κ2) is 6.03. The minimum absolute atomic E-state index is 0.00816. The molecule has 0 spiro atoms. The van der Waals surface area contributed by atoms with E-state index in [1.54, 1.807) is 0 Å². The average molecular weight is 268 g/mol. The number of benzene rings is 1. The first kappa shape index (κ1) is 12.4. The number of alkyl halides is 1. The Morgan fingerprint density at radius 3 is 2.53 bits per heavy atom. The number of unbranched alkanes of at least 4 members (excludes halogenated alkanes) is 1. The van der Waals surface area contributed by atoms with E-state index < -0.39 is 0 Å². The standard InChI is InChI=1S/C13H14ClNOS/c14-8-2-1-3-10-4-6-11(7-5-10)12-9-17-13(16)15-12/h4-7,9H,1-3,8H2,(H,15,16). The molecule has 0 aliphatic carbocycles. The van der Waals surface area contributed by atoms with Gasteiger partial charge in [-0.2, -0.15) is 0 Å². The minimum Gasteiger partial charge on any atom is -0.312 e. The summed E-state index contributed by atoms with van der Waals surface area (Å²) in [6.07, 6.45) is 3.24. The fourth-order valence-corrected chi connectivity index (χ4v) is 2.47. The van der Waals surface area contributed by atoms with Gasteiger partial charge in [-0.1, -0.05) is 35.6 Å². The summed E-state index contributed by atoms with van der Waals surface area (Å²) >= 11 is 6.84. The highest BCUT2D eigenvalue weighted by molar-refractivity contribution is 7.07. The van der Waals surface area contributed by atoms with Crippen molar-refractivity contribution in [3.8, 4) is 11.3 Å². The van der Waals surface area contributed by atoms with Crippen LogP contribution >= 0.6 is 22.9 Å². The van der Waals surface area contributed by atoms with Crippen LogP contribution in [0, 0.1) is 0 Å². The van der Waals surface area contributed by atoms with Gasteiger partial charge in [-0.15, -0.1) is 11.6 Å². The molecule has 90 valence electrons. The van der Waals surface area contributed by atoms with E-state index in [4.69, 9.17) is 11.6 Å². The number of thiazole rings is 1. The zero-order valence-corrected chi connectivity index (χ0v) is 11.0. The summed E-state index contributed by atoms with van der Waals surface area (Å²) in [7, 11) is 0. The average Bonchev–Trinajstić information content (AvgIpc) is 2.77. The summed E-state index contributed by atoms with van der Waals surface area (Å²) < 4.78 is 0. The van der Waals surface area contributed by atoms with Crippen molar-refractivity contribution in [2.75, 3.05) is 5.88 Å². The smallest absolute Gasteiger partial charge is 0.304 e. The number of halogens is 1. The molecule has 0 saturated carbocycles. The van der Waals surface area contributed by atoms with E-state index >= 15 is 0 Å². The molecule has 1 aromatic heterocycles. The lowest BCUT2D eigenvalue weighted by atomic mass is 10.1. The molecule has 0 saturated heterocycles. The van der Waals surface area contributed by atoms with Crippen molar-refractivity contribution in [3.05, 3.63) is 44.9 Å². The minimum atomic E-state index is -0.00816. The third-order valence-electron chi connectivity index (χ3n) is 2.63. The van der Waals surface area contributed by atoms with Gasteiger partial charge in [-0.3, -0.25) is 4.79 Å². The van der Waals surface area contributed by atoms with Gasteiger partial charge in [-0.25, -0.2) is 0 Å². The molecule has 1 heterocycles. The Morgan fingerprint density at radius 2 is 1.94 bits per heavy atom. The van der Waals surface area contributed by atoms with Crippen LogP contribution in [-0.2, 0) is 6.42 Å². The summed E-state index contributed by atoms with van der Waals surface area (Å²) in [6, 6.07) is 8.32. The van der Waals surface area contributed by atoms with Crippen molar-refractivity contribution in [2.24, 2.45) is 0 Å². The number of aromatic amines is 1. The second-order valence-electron chi connectivity index (χ2n) is 3.90. The third-order valence-corrected chi connectivity index (χ3v) is 3.57. The molecule has 2 rings (SSSR count). The maximum Gasteiger partial charge on any atom is 0.304 e. The van der Waals surface area contributed by atoms with Gasteiger partial charge in [0.25, 0.3) is 0 Å². The van der Waals surface area contributed by atoms with Crippen LogP contribution in [0.1, 0.15) is 18.4 Å². The van der Waals surface area contributed by atoms with Gasteiger partial charge in [0.2, 0.25) is 0 Å². The number of nitrogens with one attached hydrogen (secondary N) is 1. The van der Waals surface area contributed by atoms with E-state index in [-0.39, 0.29) is 4.87 Å². The van der Waals surface area contributed by atoms with Gasteiger partial charge in [0.05, 0.1) is 5.69 Å². The zero-order valence-electron chi connectivity index (χ0n) is 9.41. The maximum atomic E-state index is 11.1. The number of hydrogen-bond acceptors (Lipinski definition) is 2. The second-order valence-corrected chi connectivity index (χ2v) is 5.13. The molecule has 1 N–H and O–H groups in total. The molecule has 4 heteroatoms. The van der Waals surface area contributed by atoms with Crippen LogP contribution in [0.25, 0.3) is 11.3 Å². The largest absolute Gasteiger partial charge is 0.312 e. The SMILES string of the molecule is O=c1[nH]c(-c2ccc(CCCCCl)cc2)cs1. The molecule has 0 bridgehead atoms. The topological polar surface area (TPSA) is 32.9 Å². The lowest BCUT2D eigenvalue weighted by molar-refractivity contribution is 0.800. The first-order chi connectivity index (χ1) is 8.29. The fraction of sp³-hybridized carbons (Fsp3) is 0.308. The Morgan fingerprint density at radius 1 is 1.18 bits per heavy atom. The van der Waals surface area contributed by atoms with Crippen LogP contribution in [0.5, 0.6) is 0 Å². The molecule has 0 aliphatic heterocycles. The third kappa shape index (κ3) is 3.45. The molecule has 17 heavy (non-hydrogen) atoms. The Bertz CT molecular complexity index is 515. The normalized spacial score (nSPS) is 10.6. The molecular formula is C13H14ClNOS. The van der Waals surface area contributed by atoms with Gasteiger partial charge in [0.15, 0.2) is 0 Å². The summed E-state index contributed by atoms with van der Waals surface area (Å²) in [4.78, 5) is 13.9. The lowest BCUT2D eigenvalue weighted by Crippen LogP contribution is -1.92. The van der Waals surface area contributed by atoms with Crippen molar-refractivity contribution < 1.29 is 0 Å². The molecule has 1 aromatic carbocycles. The Balaban J connectivity index is 2.05. The molecule has 0 atom stereocenters. The Hall–Kier alpha value is -1.06. The van der Waals surface area contributed by atoms with Crippen molar-refractivity contribution in [1.82, 2.24) is 4.98 Å². The Kier molecular flexibility index (Phi) is 4.40. The maximum absolute atomic E-state index is 11.1. The highest BCUT2D eigenvalue weighted by Crippen LogP contribution is 2.18. The number of hydrogen-bond donors (Lipinski definition) is 1. The van der Waals surface area contributed by atoms with E-state index in [1.165, 1.54) is 16.9 Å². The first-order valence-corrected chi connectivity index (χ1v) is 7.04. The number of rotatable bonds is 5. The van der Waals surface area contributed by atoms with Crippen LogP contribution in [0.3, 0.4) is 0 Å². The van der Waals surface area contributed by atoms with Crippen molar-refractivity contribution in [1.29, 1.82) is 0 Å². The van der Waals surface area contributed by atoms with Crippen LogP contribution in [0.2, 0.25) is 0 Å². The van der Waals surface area contributed by atoms with E-state index in [9.17, 15) is 4.79 Å². The lowest BCUT2D eigenvalue weighted by Gasteiger charge is -2.02. The summed E-state index contributed by atoms with van der Waals surface area (Å²) in [5, 5.41) is 1.85. The van der Waals surface area contributed by atoms with Crippen LogP contribution in [0.4, 0.5) is 0 Å². The summed E-state index contributed by atoms with van der Waals surface area (Å²) in [5.74, 6) is 0.730. The number of aromatic nitrogens is 1. The molecule has 0 aliphatic rings. The number of aryl methyl sites for hydroxylation is 1. The van der Waals surface area contributed by atoms with Gasteiger partial charge >= 0.3 is 4.87 Å². The molecule has 0 fully saturated rings. The predicted molar refractivity (Wildman–Crippen MR) is 74.0 cm³/mol. The molecule has 0 unspecified atom stereocenters. The summed E-state index contributed by atoms with van der Waals surface area (Å²) in [6.45, 7) is 0. The number of H-pyrrole nitrogens is 1. The van der Waals surface area contributed by atoms with Gasteiger partial charge in [0.1, 0.15) is 0 Å². The van der Waals surface area contributed by atoms with Crippen molar-refractivity contribution in [2.45, 2.75) is 19.3 Å².